The first kappa shape index (κ1) is 7.29. The predicted octanol–water partition coefficient (Wildman–Crippen LogP) is 2.38. The summed E-state index contributed by atoms with van der Waals surface area (Å²) in [5, 5.41) is 3.05. The summed E-state index contributed by atoms with van der Waals surface area (Å²) >= 11 is 0. The van der Waals surface area contributed by atoms with Gasteiger partial charge in [0.05, 0.1) is 12.1 Å². The molecule has 0 saturated heterocycles. The van der Waals surface area contributed by atoms with Gasteiger partial charge in [0.25, 0.3) is 0 Å². The zero-order valence-corrected chi connectivity index (χ0v) is 7.97. The third-order valence-corrected chi connectivity index (χ3v) is 2.88. The van der Waals surface area contributed by atoms with Crippen LogP contribution in [0.3, 0.4) is 0 Å². The van der Waals surface area contributed by atoms with E-state index < -0.39 is 0 Å². The maximum atomic E-state index is 5.71. The third-order valence-electron chi connectivity index (χ3n) is 2.88. The Hall–Kier alpha value is -2.03. The van der Waals surface area contributed by atoms with Gasteiger partial charge in [0, 0.05) is 17.1 Å². The molecule has 2 aliphatic rings. The Bertz CT molecular complexity index is 604. The highest BCUT2D eigenvalue weighted by Crippen LogP contribution is 2.44. The van der Waals surface area contributed by atoms with Crippen LogP contribution in [0.15, 0.2) is 30.5 Å². The molecule has 0 saturated carbocycles. The molecule has 2 aliphatic heterocycles. The molecule has 1 aromatic carbocycles. The fourth-order valence-electron chi connectivity index (χ4n) is 2.24. The molecule has 0 atom stereocenters. The van der Waals surface area contributed by atoms with E-state index in [1.807, 2.05) is 17.3 Å². The molecule has 0 fully saturated rings. The van der Waals surface area contributed by atoms with E-state index in [0.29, 0.717) is 0 Å². The van der Waals surface area contributed by atoms with E-state index in [-0.39, 0.29) is 0 Å². The van der Waals surface area contributed by atoms with Crippen LogP contribution in [0, 0.1) is 0 Å². The van der Waals surface area contributed by atoms with Crippen molar-refractivity contribution in [3.05, 3.63) is 36.0 Å². The Kier molecular flexibility index (Phi) is 1.12. The predicted molar refractivity (Wildman–Crippen MR) is 58.8 cm³/mol. The lowest BCUT2D eigenvalue weighted by Crippen LogP contribution is -2.24. The lowest BCUT2D eigenvalue weighted by molar-refractivity contribution is 0.309. The standard InChI is InChI=1S/C12H8N2O/c1-3-8-7-10-9-4-2-6-14(15-10)12(9)11(8)13-5-1/h1-5,7H,6H2. The van der Waals surface area contributed by atoms with Crippen LogP contribution in [0.4, 0.5) is 5.69 Å². The highest BCUT2D eigenvalue weighted by Gasteiger charge is 2.29. The summed E-state index contributed by atoms with van der Waals surface area (Å²) in [6, 6.07) is 6.07. The number of fused-ring (bicyclic) bond motifs is 1. The number of nitrogens with zero attached hydrogens (tertiary/aromatic N) is 2. The number of benzene rings is 1. The molecule has 3 heteroatoms. The summed E-state index contributed by atoms with van der Waals surface area (Å²) in [6.07, 6.45) is 6.04. The molecule has 1 aromatic heterocycles. The summed E-state index contributed by atoms with van der Waals surface area (Å²) in [5.41, 5.74) is 3.30. The summed E-state index contributed by atoms with van der Waals surface area (Å²) in [7, 11) is 0. The van der Waals surface area contributed by atoms with Gasteiger partial charge in [0.1, 0.15) is 5.69 Å². The second-order valence-corrected chi connectivity index (χ2v) is 3.77. The molecule has 3 nitrogen and oxygen atoms in total. The Morgan fingerprint density at radius 1 is 1.40 bits per heavy atom. The first-order valence-corrected chi connectivity index (χ1v) is 4.97. The molecule has 2 aromatic rings. The van der Waals surface area contributed by atoms with E-state index in [1.165, 1.54) is 0 Å². The molecule has 0 amide bonds. The number of anilines is 1. The van der Waals surface area contributed by atoms with Gasteiger partial charge in [0.2, 0.25) is 0 Å². The molecule has 4 rings (SSSR count). The average molecular weight is 196 g/mol. The van der Waals surface area contributed by atoms with Gasteiger partial charge in [-0.15, -0.1) is 0 Å². The van der Waals surface area contributed by atoms with Gasteiger partial charge in [-0.1, -0.05) is 18.2 Å². The SMILES string of the molecule is C1=Cc2c3cc4cccnc4c2N(C1)O3. The molecule has 4 bridgehead atoms. The Balaban J connectivity index is 2.23. The molecule has 0 radical (unpaired) electrons. The maximum absolute atomic E-state index is 5.71. The van der Waals surface area contributed by atoms with Crippen LogP contribution in [-0.2, 0) is 0 Å². The van der Waals surface area contributed by atoms with Crippen molar-refractivity contribution in [2.45, 2.75) is 0 Å². The van der Waals surface area contributed by atoms with Crippen LogP contribution in [-0.4, -0.2) is 11.5 Å². The average Bonchev–Trinajstić information content (AvgIpc) is 2.46. The first-order valence-electron chi connectivity index (χ1n) is 4.97. The van der Waals surface area contributed by atoms with Gasteiger partial charge in [-0.3, -0.25) is 4.98 Å². The molecule has 0 spiro atoms. The van der Waals surface area contributed by atoms with Crippen LogP contribution in [0.1, 0.15) is 5.56 Å². The monoisotopic (exact) mass is 196 g/mol. The van der Waals surface area contributed by atoms with E-state index in [0.717, 1.165) is 34.4 Å². The third kappa shape index (κ3) is 0.783. The molecule has 0 N–H and O–H groups in total. The van der Waals surface area contributed by atoms with Crippen molar-refractivity contribution >= 4 is 22.7 Å². The van der Waals surface area contributed by atoms with Crippen LogP contribution in [0.5, 0.6) is 5.75 Å². The van der Waals surface area contributed by atoms with E-state index in [4.69, 9.17) is 4.84 Å². The second-order valence-electron chi connectivity index (χ2n) is 3.77. The summed E-state index contributed by atoms with van der Waals surface area (Å²) in [6.45, 7) is 0.798. The quantitative estimate of drug-likeness (QED) is 0.646. The molecule has 15 heavy (non-hydrogen) atoms. The highest BCUT2D eigenvalue weighted by atomic mass is 16.7. The lowest BCUT2D eigenvalue weighted by Gasteiger charge is -2.17. The largest absolute Gasteiger partial charge is 0.378 e. The number of hydrogen-bond donors (Lipinski definition) is 0. The molecule has 0 aliphatic carbocycles. The summed E-state index contributed by atoms with van der Waals surface area (Å²) < 4.78 is 0. The smallest absolute Gasteiger partial charge is 0.165 e. The minimum absolute atomic E-state index is 0.798. The second kappa shape index (κ2) is 2.31. The Morgan fingerprint density at radius 3 is 3.40 bits per heavy atom. The van der Waals surface area contributed by atoms with Crippen LogP contribution >= 0.6 is 0 Å². The van der Waals surface area contributed by atoms with E-state index in [9.17, 15) is 0 Å². The van der Waals surface area contributed by atoms with Gasteiger partial charge in [0.15, 0.2) is 5.75 Å². The minimum Gasteiger partial charge on any atom is -0.378 e. The molecule has 3 heterocycles. The van der Waals surface area contributed by atoms with Crippen molar-refractivity contribution in [1.29, 1.82) is 0 Å². The topological polar surface area (TPSA) is 25.4 Å². The molecule has 0 unspecified atom stereocenters. The van der Waals surface area contributed by atoms with Crippen molar-refractivity contribution < 1.29 is 4.84 Å². The van der Waals surface area contributed by atoms with Crippen LogP contribution in [0.25, 0.3) is 17.0 Å². The van der Waals surface area contributed by atoms with Gasteiger partial charge in [-0.25, -0.2) is 5.06 Å². The van der Waals surface area contributed by atoms with Gasteiger partial charge in [-0.05, 0) is 12.1 Å². The molecule has 72 valence electrons. The molecular formula is C12H8N2O. The van der Waals surface area contributed by atoms with Gasteiger partial charge >= 0.3 is 0 Å². The number of pyridine rings is 1. The van der Waals surface area contributed by atoms with Crippen molar-refractivity contribution in [1.82, 2.24) is 4.98 Å². The van der Waals surface area contributed by atoms with E-state index in [2.05, 4.69) is 29.3 Å². The minimum atomic E-state index is 0.798. The zero-order valence-electron chi connectivity index (χ0n) is 7.97. The number of rotatable bonds is 0. The van der Waals surface area contributed by atoms with Crippen molar-refractivity contribution in [3.63, 3.8) is 0 Å². The van der Waals surface area contributed by atoms with E-state index in [1.54, 1.807) is 0 Å². The Morgan fingerprint density at radius 2 is 2.40 bits per heavy atom. The van der Waals surface area contributed by atoms with E-state index >= 15 is 0 Å². The number of aromatic nitrogens is 1. The van der Waals surface area contributed by atoms with Gasteiger partial charge < -0.3 is 4.84 Å². The fraction of sp³-hybridized carbons (Fsp3) is 0.0833. The van der Waals surface area contributed by atoms with Crippen LogP contribution < -0.4 is 9.90 Å². The summed E-state index contributed by atoms with van der Waals surface area (Å²) in [5.74, 6) is 0.944. The maximum Gasteiger partial charge on any atom is 0.165 e. The summed E-state index contributed by atoms with van der Waals surface area (Å²) in [4.78, 5) is 10.1. The van der Waals surface area contributed by atoms with Crippen molar-refractivity contribution in [3.8, 4) is 5.75 Å². The van der Waals surface area contributed by atoms with Gasteiger partial charge in [-0.2, -0.15) is 0 Å². The lowest BCUT2D eigenvalue weighted by atomic mass is 10.1. The zero-order chi connectivity index (χ0) is 9.83. The highest BCUT2D eigenvalue weighted by molar-refractivity contribution is 6.00. The number of hydrogen-bond acceptors (Lipinski definition) is 3. The Labute approximate surface area is 86.6 Å². The molecular weight excluding hydrogens is 188 g/mol. The normalized spacial score (nSPS) is 15.9. The van der Waals surface area contributed by atoms with Crippen LogP contribution in [0.2, 0.25) is 0 Å². The van der Waals surface area contributed by atoms with Crippen molar-refractivity contribution in [2.24, 2.45) is 0 Å². The fourth-order valence-corrected chi connectivity index (χ4v) is 2.24. The number of hydroxylamine groups is 1. The van der Waals surface area contributed by atoms with Crippen molar-refractivity contribution in [2.75, 3.05) is 11.6 Å². The first-order chi connectivity index (χ1) is 7.43.